The molecule has 0 atom stereocenters. The van der Waals surface area contributed by atoms with Gasteiger partial charge in [0.1, 0.15) is 0 Å². The van der Waals surface area contributed by atoms with E-state index in [1.165, 1.54) is 28.1 Å². The Labute approximate surface area is 116 Å². The van der Waals surface area contributed by atoms with Gasteiger partial charge in [0.05, 0.1) is 0 Å². The first kappa shape index (κ1) is 13.9. The summed E-state index contributed by atoms with van der Waals surface area (Å²) in [5, 5.41) is 7.07. The third-order valence-electron chi connectivity index (χ3n) is 3.62. The van der Waals surface area contributed by atoms with Gasteiger partial charge in [-0.1, -0.05) is 42.8 Å². The number of allylic oxidation sites excluding steroid dienone is 1. The van der Waals surface area contributed by atoms with Gasteiger partial charge in [-0.3, -0.25) is 0 Å². The maximum atomic E-state index is 3.64. The third kappa shape index (κ3) is 3.48. The van der Waals surface area contributed by atoms with Crippen LogP contribution < -0.4 is 10.6 Å². The van der Waals surface area contributed by atoms with E-state index in [2.05, 4.69) is 61.7 Å². The van der Waals surface area contributed by atoms with Crippen molar-refractivity contribution >= 4 is 5.70 Å². The molecule has 1 aromatic rings. The van der Waals surface area contributed by atoms with Gasteiger partial charge in [-0.05, 0) is 38.8 Å². The predicted octanol–water partition coefficient (Wildman–Crippen LogP) is 3.60. The lowest BCUT2D eigenvalue weighted by molar-refractivity contribution is 0.655. The summed E-state index contributed by atoms with van der Waals surface area (Å²) < 4.78 is 0. The third-order valence-corrected chi connectivity index (χ3v) is 3.62. The Morgan fingerprint density at radius 1 is 1.32 bits per heavy atom. The van der Waals surface area contributed by atoms with E-state index in [4.69, 9.17) is 0 Å². The number of aryl methyl sites for hydroxylation is 1. The molecule has 2 nitrogen and oxygen atoms in total. The van der Waals surface area contributed by atoms with Crippen LogP contribution in [0.25, 0.3) is 5.70 Å². The van der Waals surface area contributed by atoms with Crippen molar-refractivity contribution in [2.75, 3.05) is 13.1 Å². The second-order valence-corrected chi connectivity index (χ2v) is 5.15. The molecule has 0 spiro atoms. The molecule has 2 heteroatoms. The molecule has 0 radical (unpaired) electrons. The molecule has 0 aromatic heterocycles. The van der Waals surface area contributed by atoms with Crippen LogP contribution in [0.1, 0.15) is 37.8 Å². The monoisotopic (exact) mass is 256 g/mol. The molecular weight excluding hydrogens is 232 g/mol. The van der Waals surface area contributed by atoms with Gasteiger partial charge in [-0.15, -0.1) is 0 Å². The molecule has 2 rings (SSSR count). The summed E-state index contributed by atoms with van der Waals surface area (Å²) in [7, 11) is 0. The van der Waals surface area contributed by atoms with E-state index in [9.17, 15) is 0 Å². The van der Waals surface area contributed by atoms with Crippen LogP contribution >= 0.6 is 0 Å². The molecule has 0 bridgehead atoms. The highest BCUT2D eigenvalue weighted by atomic mass is 15.0. The minimum Gasteiger partial charge on any atom is -0.358 e. The molecule has 0 aliphatic carbocycles. The Kier molecular flexibility index (Phi) is 4.80. The van der Waals surface area contributed by atoms with Crippen molar-refractivity contribution in [3.05, 3.63) is 52.7 Å². The Hall–Kier alpha value is -1.54. The number of nitrogens with one attached hydrogen (secondary N) is 2. The van der Waals surface area contributed by atoms with Crippen molar-refractivity contribution in [2.24, 2.45) is 0 Å². The SMILES string of the molecule is CC/C=C(/NC1=C(C)CCNC1)c1ccccc1C. The molecule has 1 aliphatic rings. The first-order valence-corrected chi connectivity index (χ1v) is 7.15. The average molecular weight is 256 g/mol. The topological polar surface area (TPSA) is 24.1 Å². The second kappa shape index (κ2) is 6.58. The van der Waals surface area contributed by atoms with Gasteiger partial charge in [0, 0.05) is 23.5 Å². The van der Waals surface area contributed by atoms with E-state index in [-0.39, 0.29) is 0 Å². The number of hydrogen-bond acceptors (Lipinski definition) is 2. The average Bonchev–Trinajstić information content (AvgIpc) is 2.41. The lowest BCUT2D eigenvalue weighted by Crippen LogP contribution is -2.31. The molecular formula is C17H24N2. The van der Waals surface area contributed by atoms with Crippen LogP contribution in [0.2, 0.25) is 0 Å². The smallest absolute Gasteiger partial charge is 0.0417 e. The van der Waals surface area contributed by atoms with Crippen LogP contribution in [0.5, 0.6) is 0 Å². The van der Waals surface area contributed by atoms with E-state index in [0.29, 0.717) is 0 Å². The standard InChI is InChI=1S/C17H24N2/c1-4-7-16(15-9-6-5-8-13(15)2)19-17-12-18-11-10-14(17)3/h5-9,18-19H,4,10-12H2,1-3H3/b16-7+. The molecule has 0 amide bonds. The van der Waals surface area contributed by atoms with Crippen LogP contribution in [0.4, 0.5) is 0 Å². The van der Waals surface area contributed by atoms with Crippen molar-refractivity contribution < 1.29 is 0 Å². The Balaban J connectivity index is 2.27. The summed E-state index contributed by atoms with van der Waals surface area (Å²) in [6.07, 6.45) is 4.45. The maximum absolute atomic E-state index is 3.64. The van der Waals surface area contributed by atoms with Crippen LogP contribution in [0, 0.1) is 6.92 Å². The lowest BCUT2D eigenvalue weighted by Gasteiger charge is -2.23. The van der Waals surface area contributed by atoms with Gasteiger partial charge < -0.3 is 10.6 Å². The van der Waals surface area contributed by atoms with Crippen LogP contribution in [0.15, 0.2) is 41.6 Å². The van der Waals surface area contributed by atoms with Gasteiger partial charge in [0.15, 0.2) is 0 Å². The zero-order valence-electron chi connectivity index (χ0n) is 12.2. The van der Waals surface area contributed by atoms with E-state index in [0.717, 1.165) is 25.9 Å². The highest BCUT2D eigenvalue weighted by Gasteiger charge is 2.11. The molecule has 1 aromatic carbocycles. The summed E-state index contributed by atoms with van der Waals surface area (Å²) in [6.45, 7) is 8.61. The second-order valence-electron chi connectivity index (χ2n) is 5.15. The molecule has 102 valence electrons. The number of hydrogen-bond donors (Lipinski definition) is 2. The van der Waals surface area contributed by atoms with E-state index < -0.39 is 0 Å². The first-order chi connectivity index (χ1) is 9.22. The van der Waals surface area contributed by atoms with Crippen molar-refractivity contribution in [2.45, 2.75) is 33.6 Å². The Morgan fingerprint density at radius 3 is 2.79 bits per heavy atom. The quantitative estimate of drug-likeness (QED) is 0.860. The zero-order valence-corrected chi connectivity index (χ0v) is 12.2. The molecule has 0 saturated carbocycles. The summed E-state index contributed by atoms with van der Waals surface area (Å²) in [5.41, 5.74) is 6.65. The van der Waals surface area contributed by atoms with Crippen molar-refractivity contribution in [1.29, 1.82) is 0 Å². The lowest BCUT2D eigenvalue weighted by atomic mass is 10.0. The molecule has 0 saturated heterocycles. The molecule has 1 heterocycles. The molecule has 0 unspecified atom stereocenters. The first-order valence-electron chi connectivity index (χ1n) is 7.15. The summed E-state index contributed by atoms with van der Waals surface area (Å²) in [4.78, 5) is 0. The van der Waals surface area contributed by atoms with Gasteiger partial charge in [0.25, 0.3) is 0 Å². The number of rotatable bonds is 4. The molecule has 19 heavy (non-hydrogen) atoms. The van der Waals surface area contributed by atoms with Gasteiger partial charge in [-0.25, -0.2) is 0 Å². The minimum atomic E-state index is 0.943. The van der Waals surface area contributed by atoms with Crippen LogP contribution in [-0.4, -0.2) is 13.1 Å². The van der Waals surface area contributed by atoms with Gasteiger partial charge in [0.2, 0.25) is 0 Å². The Morgan fingerprint density at radius 2 is 2.11 bits per heavy atom. The van der Waals surface area contributed by atoms with E-state index in [1.54, 1.807) is 0 Å². The van der Waals surface area contributed by atoms with Crippen LogP contribution in [-0.2, 0) is 0 Å². The normalized spacial score (nSPS) is 16.7. The molecule has 2 N–H and O–H groups in total. The van der Waals surface area contributed by atoms with E-state index in [1.807, 2.05) is 0 Å². The van der Waals surface area contributed by atoms with Crippen molar-refractivity contribution in [3.8, 4) is 0 Å². The highest BCUT2D eigenvalue weighted by Crippen LogP contribution is 2.20. The van der Waals surface area contributed by atoms with Crippen molar-refractivity contribution in [1.82, 2.24) is 10.6 Å². The number of benzene rings is 1. The predicted molar refractivity (Wildman–Crippen MR) is 82.8 cm³/mol. The van der Waals surface area contributed by atoms with E-state index >= 15 is 0 Å². The maximum Gasteiger partial charge on any atom is 0.0417 e. The minimum absolute atomic E-state index is 0.943. The van der Waals surface area contributed by atoms with Gasteiger partial charge >= 0.3 is 0 Å². The molecule has 1 aliphatic heterocycles. The summed E-state index contributed by atoms with van der Waals surface area (Å²) in [5.74, 6) is 0. The van der Waals surface area contributed by atoms with Crippen LogP contribution in [0.3, 0.4) is 0 Å². The van der Waals surface area contributed by atoms with Gasteiger partial charge in [-0.2, -0.15) is 0 Å². The van der Waals surface area contributed by atoms with Crippen molar-refractivity contribution in [3.63, 3.8) is 0 Å². The fourth-order valence-corrected chi connectivity index (χ4v) is 2.41. The summed E-state index contributed by atoms with van der Waals surface area (Å²) in [6, 6.07) is 8.56. The fraction of sp³-hybridized carbons (Fsp3) is 0.412. The fourth-order valence-electron chi connectivity index (χ4n) is 2.41. The Bertz CT molecular complexity index is 498. The summed E-state index contributed by atoms with van der Waals surface area (Å²) >= 11 is 0. The largest absolute Gasteiger partial charge is 0.358 e. The highest BCUT2D eigenvalue weighted by molar-refractivity contribution is 5.68. The zero-order chi connectivity index (χ0) is 13.7. The molecule has 0 fully saturated rings.